The highest BCUT2D eigenvalue weighted by molar-refractivity contribution is 14.1. The second kappa shape index (κ2) is 4.34. The molecule has 10 heavy (non-hydrogen) atoms. The van der Waals surface area contributed by atoms with E-state index in [1.165, 1.54) is 6.42 Å². The predicted molar refractivity (Wildman–Crippen MR) is 51.6 cm³/mol. The normalized spacial score (nSPS) is 31.4. The Morgan fingerprint density at radius 1 is 1.70 bits per heavy atom. The van der Waals surface area contributed by atoms with Crippen molar-refractivity contribution in [2.24, 2.45) is 0 Å². The summed E-state index contributed by atoms with van der Waals surface area (Å²) in [6.45, 7) is 3.04. The van der Waals surface area contributed by atoms with Crippen molar-refractivity contribution in [3.05, 3.63) is 12.2 Å². The average molecular weight is 252 g/mol. The van der Waals surface area contributed by atoms with Gasteiger partial charge in [0.2, 0.25) is 0 Å². The van der Waals surface area contributed by atoms with E-state index in [0.717, 1.165) is 13.0 Å². The molecule has 0 heterocycles. The highest BCUT2D eigenvalue weighted by Gasteiger charge is 2.19. The first-order valence-electron chi connectivity index (χ1n) is 3.77. The zero-order valence-electron chi connectivity index (χ0n) is 6.22. The van der Waals surface area contributed by atoms with Crippen LogP contribution in [0.5, 0.6) is 0 Å². The molecule has 0 amide bonds. The first-order valence-corrected chi connectivity index (χ1v) is 5.01. The van der Waals surface area contributed by atoms with Crippen molar-refractivity contribution >= 4 is 22.6 Å². The summed E-state index contributed by atoms with van der Waals surface area (Å²) in [5, 5.41) is 0. The minimum absolute atomic E-state index is 0.389. The number of hydrogen-bond acceptors (Lipinski definition) is 1. The lowest BCUT2D eigenvalue weighted by molar-refractivity contribution is 0.0920. The van der Waals surface area contributed by atoms with Crippen LogP contribution in [0.1, 0.15) is 19.8 Å². The van der Waals surface area contributed by atoms with Gasteiger partial charge in [0.05, 0.1) is 6.10 Å². The molecule has 1 rings (SSSR count). The van der Waals surface area contributed by atoms with Crippen LogP contribution in [0, 0.1) is 0 Å². The monoisotopic (exact) mass is 252 g/mol. The van der Waals surface area contributed by atoms with Crippen molar-refractivity contribution < 1.29 is 4.74 Å². The van der Waals surface area contributed by atoms with Crippen LogP contribution in [0.25, 0.3) is 0 Å². The first-order chi connectivity index (χ1) is 4.84. The van der Waals surface area contributed by atoms with Crippen molar-refractivity contribution in [2.75, 3.05) is 6.61 Å². The van der Waals surface area contributed by atoms with E-state index in [-0.39, 0.29) is 0 Å². The summed E-state index contributed by atoms with van der Waals surface area (Å²) in [7, 11) is 0. The largest absolute Gasteiger partial charge is 0.373 e. The van der Waals surface area contributed by atoms with Gasteiger partial charge in [-0.15, -0.1) is 0 Å². The van der Waals surface area contributed by atoms with Crippen LogP contribution in [0.15, 0.2) is 12.2 Å². The minimum atomic E-state index is 0.389. The molecular weight excluding hydrogens is 239 g/mol. The van der Waals surface area contributed by atoms with E-state index in [1.54, 1.807) is 0 Å². The summed E-state index contributed by atoms with van der Waals surface area (Å²) in [5.41, 5.74) is 0. The third-order valence-electron chi connectivity index (χ3n) is 1.56. The van der Waals surface area contributed by atoms with Gasteiger partial charge in [0.15, 0.2) is 0 Å². The maximum Gasteiger partial charge on any atom is 0.0876 e. The maximum atomic E-state index is 5.57. The summed E-state index contributed by atoms with van der Waals surface area (Å²) < 4.78 is 6.24. The van der Waals surface area contributed by atoms with E-state index in [0.29, 0.717) is 10.0 Å². The molecule has 0 aliphatic heterocycles. The molecule has 0 aromatic rings. The Hall–Kier alpha value is 0.430. The third kappa shape index (κ3) is 2.23. The van der Waals surface area contributed by atoms with Crippen molar-refractivity contribution in [3.63, 3.8) is 0 Å². The van der Waals surface area contributed by atoms with Gasteiger partial charge in [-0.25, -0.2) is 0 Å². The van der Waals surface area contributed by atoms with Crippen LogP contribution in [-0.2, 0) is 4.74 Å². The molecule has 1 nitrogen and oxygen atoms in total. The molecule has 0 saturated heterocycles. The van der Waals surface area contributed by atoms with E-state index < -0.39 is 0 Å². The summed E-state index contributed by atoms with van der Waals surface area (Å²) in [6, 6.07) is 0. The molecule has 0 N–H and O–H groups in total. The number of ether oxygens (including phenoxy) is 1. The summed E-state index contributed by atoms with van der Waals surface area (Å²) in [5.74, 6) is 0. The van der Waals surface area contributed by atoms with Gasteiger partial charge in [0.25, 0.3) is 0 Å². The van der Waals surface area contributed by atoms with Crippen molar-refractivity contribution in [1.29, 1.82) is 0 Å². The van der Waals surface area contributed by atoms with Gasteiger partial charge < -0.3 is 4.74 Å². The zero-order chi connectivity index (χ0) is 7.40. The van der Waals surface area contributed by atoms with Gasteiger partial charge in [-0.1, -0.05) is 41.7 Å². The molecule has 0 spiro atoms. The molecule has 0 saturated carbocycles. The fourth-order valence-corrected chi connectivity index (χ4v) is 1.75. The van der Waals surface area contributed by atoms with Crippen LogP contribution in [0.4, 0.5) is 0 Å². The molecule has 58 valence electrons. The van der Waals surface area contributed by atoms with Gasteiger partial charge in [0, 0.05) is 10.5 Å². The summed E-state index contributed by atoms with van der Waals surface area (Å²) in [6.07, 6.45) is 7.06. The number of hydrogen-bond donors (Lipinski definition) is 0. The fraction of sp³-hybridized carbons (Fsp3) is 0.750. The minimum Gasteiger partial charge on any atom is -0.373 e. The molecule has 1 aliphatic carbocycles. The Labute approximate surface area is 76.0 Å². The van der Waals surface area contributed by atoms with Crippen molar-refractivity contribution in [3.8, 4) is 0 Å². The lowest BCUT2D eigenvalue weighted by atomic mass is 10.3. The third-order valence-corrected chi connectivity index (χ3v) is 2.78. The Morgan fingerprint density at radius 3 is 3.00 bits per heavy atom. The highest BCUT2D eigenvalue weighted by Crippen LogP contribution is 2.22. The van der Waals surface area contributed by atoms with Crippen LogP contribution in [-0.4, -0.2) is 16.6 Å². The Morgan fingerprint density at radius 2 is 2.50 bits per heavy atom. The topological polar surface area (TPSA) is 9.23 Å². The molecule has 0 radical (unpaired) electrons. The van der Waals surface area contributed by atoms with Gasteiger partial charge >= 0.3 is 0 Å². The van der Waals surface area contributed by atoms with Gasteiger partial charge in [-0.05, 0) is 12.8 Å². The SMILES string of the molecule is CCCO[C@@H]1C=CC[C@H]1I. The van der Waals surface area contributed by atoms with E-state index in [4.69, 9.17) is 4.74 Å². The molecule has 2 atom stereocenters. The van der Waals surface area contributed by atoms with E-state index in [2.05, 4.69) is 41.7 Å². The average Bonchev–Trinajstić information content (AvgIpc) is 2.31. The van der Waals surface area contributed by atoms with Crippen LogP contribution < -0.4 is 0 Å². The molecule has 0 fully saturated rings. The molecule has 0 bridgehead atoms. The highest BCUT2D eigenvalue weighted by atomic mass is 127. The van der Waals surface area contributed by atoms with E-state index >= 15 is 0 Å². The second-order valence-corrected chi connectivity index (χ2v) is 4.12. The Balaban J connectivity index is 2.20. The molecular formula is C8H13IO. The Bertz CT molecular complexity index is 122. The fourth-order valence-electron chi connectivity index (χ4n) is 1.01. The predicted octanol–water partition coefficient (Wildman–Crippen LogP) is 2.55. The van der Waals surface area contributed by atoms with Gasteiger partial charge in [-0.3, -0.25) is 0 Å². The molecule has 1 aliphatic rings. The molecule has 0 unspecified atom stereocenters. The van der Waals surface area contributed by atoms with E-state index in [9.17, 15) is 0 Å². The summed E-state index contributed by atoms with van der Waals surface area (Å²) in [4.78, 5) is 0. The van der Waals surface area contributed by atoms with Crippen molar-refractivity contribution in [2.45, 2.75) is 29.8 Å². The number of halogens is 1. The lowest BCUT2D eigenvalue weighted by Gasteiger charge is -2.13. The summed E-state index contributed by atoms with van der Waals surface area (Å²) >= 11 is 2.45. The van der Waals surface area contributed by atoms with Crippen molar-refractivity contribution in [1.82, 2.24) is 0 Å². The lowest BCUT2D eigenvalue weighted by Crippen LogP contribution is -2.17. The van der Waals surface area contributed by atoms with E-state index in [1.807, 2.05) is 0 Å². The standard InChI is InChI=1S/C8H13IO/c1-2-6-10-8-5-3-4-7(8)9/h3,5,7-8H,2,4,6H2,1H3/t7-,8-/m1/s1. The smallest absolute Gasteiger partial charge is 0.0876 e. The Kier molecular flexibility index (Phi) is 3.70. The number of alkyl halides is 1. The quantitative estimate of drug-likeness (QED) is 0.426. The van der Waals surface area contributed by atoms with Crippen LogP contribution in [0.2, 0.25) is 0 Å². The van der Waals surface area contributed by atoms with Crippen LogP contribution >= 0.6 is 22.6 Å². The molecule has 0 aromatic heterocycles. The number of rotatable bonds is 3. The van der Waals surface area contributed by atoms with Gasteiger partial charge in [-0.2, -0.15) is 0 Å². The van der Waals surface area contributed by atoms with Crippen LogP contribution in [0.3, 0.4) is 0 Å². The maximum absolute atomic E-state index is 5.57. The first kappa shape index (κ1) is 8.53. The second-order valence-electron chi connectivity index (χ2n) is 2.52. The number of allylic oxidation sites excluding steroid dienone is 1. The zero-order valence-corrected chi connectivity index (χ0v) is 8.37. The van der Waals surface area contributed by atoms with Gasteiger partial charge in [0.1, 0.15) is 0 Å². The molecule has 0 aromatic carbocycles. The molecule has 2 heteroatoms.